The summed E-state index contributed by atoms with van der Waals surface area (Å²) in [5.74, 6) is 1.85. The van der Waals surface area contributed by atoms with E-state index in [1.54, 1.807) is 0 Å². The van der Waals surface area contributed by atoms with Crippen molar-refractivity contribution in [2.45, 2.75) is 46.5 Å². The van der Waals surface area contributed by atoms with Gasteiger partial charge in [-0.05, 0) is 38.2 Å². The van der Waals surface area contributed by atoms with E-state index >= 15 is 0 Å². The molecule has 1 unspecified atom stereocenters. The second-order valence-corrected chi connectivity index (χ2v) is 7.47. The number of nitrogens with zero attached hydrogens (tertiary/aromatic N) is 2. The van der Waals surface area contributed by atoms with E-state index in [9.17, 15) is 4.79 Å². The van der Waals surface area contributed by atoms with Gasteiger partial charge in [-0.15, -0.1) is 0 Å². The van der Waals surface area contributed by atoms with Gasteiger partial charge in [0.25, 0.3) is 0 Å². The zero-order valence-electron chi connectivity index (χ0n) is 17.3. The molecule has 0 spiro atoms. The lowest BCUT2D eigenvalue weighted by Crippen LogP contribution is -2.47. The number of rotatable bonds is 7. The maximum atomic E-state index is 12.0. The van der Waals surface area contributed by atoms with Gasteiger partial charge < -0.3 is 15.0 Å². The molecule has 0 aliphatic carbocycles. The Balaban J connectivity index is 2.02. The summed E-state index contributed by atoms with van der Waals surface area (Å²) in [5.41, 5.74) is 1.34. The minimum atomic E-state index is -0.0527. The number of carbonyl (C=O) groups is 1. The van der Waals surface area contributed by atoms with E-state index in [2.05, 4.69) is 61.3 Å². The number of hydrogen-bond acceptors (Lipinski definition) is 3. The summed E-state index contributed by atoms with van der Waals surface area (Å²) in [6.07, 6.45) is 1.66. The minimum absolute atomic E-state index is 0.0248. The fraction of sp³-hybridized carbons (Fsp3) is 0.636. The van der Waals surface area contributed by atoms with Crippen LogP contribution in [0.15, 0.2) is 35.3 Å². The zero-order valence-corrected chi connectivity index (χ0v) is 17.3. The van der Waals surface area contributed by atoms with Gasteiger partial charge in [-0.3, -0.25) is 9.79 Å². The number of nitrogens with one attached hydrogen (secondary N) is 1. The van der Waals surface area contributed by atoms with Gasteiger partial charge in [0, 0.05) is 32.1 Å². The van der Waals surface area contributed by atoms with Crippen LogP contribution in [0.3, 0.4) is 0 Å². The van der Waals surface area contributed by atoms with Gasteiger partial charge in [-0.2, -0.15) is 0 Å². The van der Waals surface area contributed by atoms with E-state index in [4.69, 9.17) is 9.73 Å². The van der Waals surface area contributed by atoms with Crippen LogP contribution in [-0.4, -0.2) is 49.6 Å². The molecule has 1 saturated heterocycles. The topological polar surface area (TPSA) is 53.9 Å². The van der Waals surface area contributed by atoms with Gasteiger partial charge in [0.2, 0.25) is 0 Å². The van der Waals surface area contributed by atoms with Gasteiger partial charge in [0.05, 0.1) is 12.5 Å². The number of ether oxygens (including phenoxy) is 1. The summed E-state index contributed by atoms with van der Waals surface area (Å²) >= 11 is 0. The first-order chi connectivity index (χ1) is 13.1. The van der Waals surface area contributed by atoms with Crippen molar-refractivity contribution >= 4 is 11.9 Å². The summed E-state index contributed by atoms with van der Waals surface area (Å²) in [7, 11) is 0. The quantitative estimate of drug-likeness (QED) is 0.450. The molecule has 0 amide bonds. The molecule has 150 valence electrons. The second-order valence-electron chi connectivity index (χ2n) is 7.47. The van der Waals surface area contributed by atoms with E-state index in [-0.39, 0.29) is 11.9 Å². The highest BCUT2D eigenvalue weighted by Gasteiger charge is 2.27. The molecule has 5 heteroatoms. The highest BCUT2D eigenvalue weighted by Crippen LogP contribution is 2.25. The lowest BCUT2D eigenvalue weighted by Gasteiger charge is -2.33. The minimum Gasteiger partial charge on any atom is -0.466 e. The Morgan fingerprint density at radius 1 is 1.22 bits per heavy atom. The molecule has 1 atom stereocenters. The standard InChI is InChI=1S/C22H35N3O2/c1-5-23-22(25-14-12-19(13-15-25)21(26)27-6-2)24-16-20(17(3)4)18-10-8-7-9-11-18/h7-11,17,19-20H,5-6,12-16H2,1-4H3,(H,23,24). The van der Waals surface area contributed by atoms with E-state index in [0.29, 0.717) is 18.4 Å². The number of likely N-dealkylation sites (tertiary alicyclic amines) is 1. The highest BCUT2D eigenvalue weighted by atomic mass is 16.5. The smallest absolute Gasteiger partial charge is 0.309 e. The van der Waals surface area contributed by atoms with Crippen LogP contribution in [0, 0.1) is 11.8 Å². The molecule has 1 heterocycles. The second kappa shape index (κ2) is 11.0. The third kappa shape index (κ3) is 6.26. The van der Waals surface area contributed by atoms with E-state index < -0.39 is 0 Å². The molecule has 2 rings (SSSR count). The molecule has 27 heavy (non-hydrogen) atoms. The Kier molecular flexibility index (Phi) is 8.62. The monoisotopic (exact) mass is 373 g/mol. The van der Waals surface area contributed by atoms with Crippen molar-refractivity contribution in [3.05, 3.63) is 35.9 Å². The molecule has 1 aliphatic heterocycles. The average molecular weight is 374 g/mol. The fourth-order valence-electron chi connectivity index (χ4n) is 3.60. The van der Waals surface area contributed by atoms with Crippen LogP contribution in [0.4, 0.5) is 0 Å². The van der Waals surface area contributed by atoms with Crippen molar-refractivity contribution in [1.29, 1.82) is 0 Å². The Hall–Kier alpha value is -2.04. The molecular formula is C22H35N3O2. The summed E-state index contributed by atoms with van der Waals surface area (Å²) < 4.78 is 5.18. The molecule has 1 aromatic carbocycles. The van der Waals surface area contributed by atoms with E-state index in [0.717, 1.165) is 45.0 Å². The number of piperidine rings is 1. The van der Waals surface area contributed by atoms with Crippen molar-refractivity contribution in [2.75, 3.05) is 32.8 Å². The lowest BCUT2D eigenvalue weighted by molar-refractivity contribution is -0.149. The first-order valence-corrected chi connectivity index (χ1v) is 10.3. The molecule has 1 aromatic rings. The van der Waals surface area contributed by atoms with Crippen LogP contribution in [0.5, 0.6) is 0 Å². The van der Waals surface area contributed by atoms with Crippen molar-refractivity contribution < 1.29 is 9.53 Å². The first-order valence-electron chi connectivity index (χ1n) is 10.3. The van der Waals surface area contributed by atoms with Crippen LogP contribution in [0.1, 0.15) is 52.0 Å². The SMILES string of the molecule is CCNC(=NCC(c1ccccc1)C(C)C)N1CCC(C(=O)OCC)CC1. The zero-order chi connectivity index (χ0) is 19.6. The van der Waals surface area contributed by atoms with Crippen LogP contribution in [-0.2, 0) is 9.53 Å². The summed E-state index contributed by atoms with van der Waals surface area (Å²) in [6, 6.07) is 10.6. The maximum Gasteiger partial charge on any atom is 0.309 e. The fourth-order valence-corrected chi connectivity index (χ4v) is 3.60. The third-order valence-corrected chi connectivity index (χ3v) is 5.22. The largest absolute Gasteiger partial charge is 0.466 e. The van der Waals surface area contributed by atoms with Gasteiger partial charge in [0.1, 0.15) is 0 Å². The molecule has 1 N–H and O–H groups in total. The van der Waals surface area contributed by atoms with Crippen molar-refractivity contribution in [1.82, 2.24) is 10.2 Å². The Bertz CT molecular complexity index is 593. The number of carbonyl (C=O) groups excluding carboxylic acids is 1. The Labute approximate surface area is 164 Å². The molecule has 1 fully saturated rings. The molecule has 0 bridgehead atoms. The molecule has 0 aromatic heterocycles. The van der Waals surface area contributed by atoms with Crippen LogP contribution < -0.4 is 5.32 Å². The molecule has 0 radical (unpaired) electrons. The summed E-state index contributed by atoms with van der Waals surface area (Å²) in [4.78, 5) is 19.2. The van der Waals surface area contributed by atoms with Gasteiger partial charge in [-0.1, -0.05) is 44.2 Å². The predicted octanol–water partition coefficient (Wildman–Crippen LogP) is 3.67. The normalized spacial score (nSPS) is 17.1. The maximum absolute atomic E-state index is 12.0. The highest BCUT2D eigenvalue weighted by molar-refractivity contribution is 5.80. The lowest BCUT2D eigenvalue weighted by atomic mass is 9.88. The van der Waals surface area contributed by atoms with Crippen molar-refractivity contribution in [2.24, 2.45) is 16.8 Å². The van der Waals surface area contributed by atoms with Crippen LogP contribution >= 0.6 is 0 Å². The predicted molar refractivity (Wildman–Crippen MR) is 111 cm³/mol. The van der Waals surface area contributed by atoms with Gasteiger partial charge in [0.15, 0.2) is 5.96 Å². The van der Waals surface area contributed by atoms with Gasteiger partial charge in [-0.25, -0.2) is 0 Å². The molecule has 1 aliphatic rings. The number of guanidine groups is 1. The van der Waals surface area contributed by atoms with Crippen molar-refractivity contribution in [3.8, 4) is 0 Å². The van der Waals surface area contributed by atoms with Crippen molar-refractivity contribution in [3.63, 3.8) is 0 Å². The summed E-state index contributed by atoms with van der Waals surface area (Å²) in [5, 5.41) is 3.43. The number of aliphatic imine (C=N–C) groups is 1. The number of esters is 1. The Morgan fingerprint density at radius 3 is 2.44 bits per heavy atom. The van der Waals surface area contributed by atoms with E-state index in [1.165, 1.54) is 5.56 Å². The molecule has 0 saturated carbocycles. The van der Waals surface area contributed by atoms with Gasteiger partial charge >= 0.3 is 5.97 Å². The van der Waals surface area contributed by atoms with Crippen LogP contribution in [0.2, 0.25) is 0 Å². The average Bonchev–Trinajstić information content (AvgIpc) is 2.68. The number of hydrogen-bond donors (Lipinski definition) is 1. The number of benzene rings is 1. The summed E-state index contributed by atoms with van der Waals surface area (Å²) in [6.45, 7) is 12.2. The Morgan fingerprint density at radius 2 is 1.89 bits per heavy atom. The van der Waals surface area contributed by atoms with E-state index in [1.807, 2.05) is 6.92 Å². The molecule has 5 nitrogen and oxygen atoms in total. The third-order valence-electron chi connectivity index (χ3n) is 5.22. The van der Waals surface area contributed by atoms with Crippen LogP contribution in [0.25, 0.3) is 0 Å². The first kappa shape index (κ1) is 21.3. The molecular weight excluding hydrogens is 338 g/mol.